The van der Waals surface area contributed by atoms with Crippen molar-refractivity contribution in [3.05, 3.63) is 39.9 Å². The van der Waals surface area contributed by atoms with E-state index in [1.165, 1.54) is 13.2 Å². The molecule has 0 aliphatic rings. The first-order valence-corrected chi connectivity index (χ1v) is 5.76. The summed E-state index contributed by atoms with van der Waals surface area (Å²) in [6, 6.07) is 5.32. The summed E-state index contributed by atoms with van der Waals surface area (Å²) < 4.78 is 5.07. The minimum Gasteiger partial charge on any atom is -0.512 e. The summed E-state index contributed by atoms with van der Waals surface area (Å²) in [6.07, 6.45) is 0.0912. The first-order chi connectivity index (χ1) is 9.31. The van der Waals surface area contributed by atoms with Crippen LogP contribution in [0, 0.1) is 33.3 Å². The Kier molecular flexibility index (Phi) is 9.67. The van der Waals surface area contributed by atoms with Crippen LogP contribution in [-0.2, 0) is 11.8 Å². The molecule has 0 atom stereocenters. The molecule has 0 heterocycles. The summed E-state index contributed by atoms with van der Waals surface area (Å²) in [5.41, 5.74) is 1.07. The number of nitrogens with zero attached hydrogens (tertiary/aromatic N) is 3. The number of rotatable bonds is 3. The molecule has 0 spiro atoms. The van der Waals surface area contributed by atoms with E-state index in [2.05, 4.69) is 0 Å². The third-order valence-electron chi connectivity index (χ3n) is 2.68. The van der Waals surface area contributed by atoms with Gasteiger partial charge in [-0.1, -0.05) is 26.8 Å². The third kappa shape index (κ3) is 5.73. The van der Waals surface area contributed by atoms with Crippen LogP contribution >= 0.6 is 0 Å². The molecule has 1 aromatic rings. The molecule has 0 saturated heterocycles. The Morgan fingerprint density at radius 3 is 2.24 bits per heavy atom. The Balaban J connectivity index is 0. The summed E-state index contributed by atoms with van der Waals surface area (Å²) in [6.45, 7) is 10.7. The van der Waals surface area contributed by atoms with Crippen LogP contribution < -0.4 is 34.3 Å². The number of methoxy groups -OCH3 is 1. The van der Waals surface area contributed by atoms with Gasteiger partial charge in [-0.15, -0.1) is 0 Å². The minimum absolute atomic E-state index is 0. The summed E-state index contributed by atoms with van der Waals surface area (Å²) in [5.74, 6) is 0.176. The van der Waals surface area contributed by atoms with E-state index < -0.39 is 4.92 Å². The van der Waals surface area contributed by atoms with Gasteiger partial charge in [0.25, 0.3) is 0 Å². The van der Waals surface area contributed by atoms with Crippen molar-refractivity contribution >= 4 is 5.69 Å². The average molecular weight is 297 g/mol. The van der Waals surface area contributed by atoms with E-state index in [4.69, 9.17) is 21.8 Å². The van der Waals surface area contributed by atoms with Crippen LogP contribution in [0.4, 0.5) is 5.69 Å². The second-order valence-corrected chi connectivity index (χ2v) is 5.03. The van der Waals surface area contributed by atoms with Crippen molar-refractivity contribution in [3.63, 3.8) is 0 Å². The SMILES string of the molecule is COc1c(CC#N)cc(C(C)(C)C)cc1[N+](=O)[O-].[C-]#N.[Na+]. The van der Waals surface area contributed by atoms with E-state index in [0.717, 1.165) is 5.56 Å². The summed E-state index contributed by atoms with van der Waals surface area (Å²) in [4.78, 5) is 10.6. The van der Waals surface area contributed by atoms with Gasteiger partial charge in [0.05, 0.1) is 24.5 Å². The van der Waals surface area contributed by atoms with Gasteiger partial charge < -0.3 is 16.6 Å². The maximum atomic E-state index is 11.1. The summed E-state index contributed by atoms with van der Waals surface area (Å²) in [7, 11) is 1.37. The molecule has 1 aromatic carbocycles. The fourth-order valence-electron chi connectivity index (χ4n) is 1.69. The van der Waals surface area contributed by atoms with Crippen LogP contribution in [0.3, 0.4) is 0 Å². The first-order valence-electron chi connectivity index (χ1n) is 5.76. The van der Waals surface area contributed by atoms with Gasteiger partial charge in [0.1, 0.15) is 0 Å². The van der Waals surface area contributed by atoms with Gasteiger partial charge in [0, 0.05) is 11.6 Å². The van der Waals surface area contributed by atoms with E-state index in [1.54, 1.807) is 6.07 Å². The summed E-state index contributed by atoms with van der Waals surface area (Å²) in [5, 5.41) is 26.1. The van der Waals surface area contributed by atoms with E-state index in [9.17, 15) is 10.1 Å². The number of hydrogen-bond acceptors (Lipinski definition) is 5. The number of ether oxygens (including phenoxy) is 1. The number of benzene rings is 1. The summed E-state index contributed by atoms with van der Waals surface area (Å²) >= 11 is 0. The zero-order valence-electron chi connectivity index (χ0n) is 12.9. The van der Waals surface area contributed by atoms with Crippen LogP contribution in [0.2, 0.25) is 0 Å². The second kappa shape index (κ2) is 9.36. The fraction of sp³-hybridized carbons (Fsp3) is 0.429. The molecule has 0 radical (unpaired) electrons. The van der Waals surface area contributed by atoms with Crippen molar-refractivity contribution in [1.29, 1.82) is 10.5 Å². The van der Waals surface area contributed by atoms with Gasteiger partial charge in [-0.3, -0.25) is 10.1 Å². The van der Waals surface area contributed by atoms with Gasteiger partial charge in [-0.2, -0.15) is 5.26 Å². The van der Waals surface area contributed by atoms with Crippen LogP contribution in [0.25, 0.3) is 0 Å². The molecule has 0 fully saturated rings. The van der Waals surface area contributed by atoms with Crippen molar-refractivity contribution in [2.45, 2.75) is 32.6 Å². The van der Waals surface area contributed by atoms with Crippen molar-refractivity contribution in [3.8, 4) is 11.8 Å². The van der Waals surface area contributed by atoms with E-state index in [0.29, 0.717) is 5.56 Å². The number of nitro benzene ring substituents is 1. The van der Waals surface area contributed by atoms with E-state index >= 15 is 0 Å². The molecular formula is C14H16N3NaO3. The van der Waals surface area contributed by atoms with Crippen LogP contribution in [0.1, 0.15) is 31.9 Å². The fourth-order valence-corrected chi connectivity index (χ4v) is 1.69. The molecule has 0 unspecified atom stereocenters. The Morgan fingerprint density at radius 1 is 1.38 bits per heavy atom. The largest absolute Gasteiger partial charge is 1.00 e. The maximum Gasteiger partial charge on any atom is 1.00 e. The number of hydrogen-bond donors (Lipinski definition) is 0. The Morgan fingerprint density at radius 2 is 1.90 bits per heavy atom. The average Bonchev–Trinajstić information content (AvgIpc) is 2.39. The molecule has 0 aliphatic heterocycles. The van der Waals surface area contributed by atoms with Crippen molar-refractivity contribution in [2.75, 3.05) is 7.11 Å². The number of nitro groups is 1. The molecule has 21 heavy (non-hydrogen) atoms. The van der Waals surface area contributed by atoms with E-state index in [1.807, 2.05) is 26.8 Å². The Labute approximate surface area is 146 Å². The molecule has 0 aromatic heterocycles. The van der Waals surface area contributed by atoms with E-state index in [-0.39, 0.29) is 52.8 Å². The molecule has 0 aliphatic carbocycles. The maximum absolute atomic E-state index is 11.1. The molecule has 106 valence electrons. The standard InChI is InChI=1S/C13H16N2O3.CN.Na/c1-13(2,3)10-7-9(5-6-14)12(18-4)11(8-10)15(16)17;1-2;/h7-8H,5H2,1-4H3;;/q;-1;+1. The first kappa shape index (κ1) is 21.7. The normalized spacial score (nSPS) is 9.38. The van der Waals surface area contributed by atoms with Crippen LogP contribution in [-0.4, -0.2) is 12.0 Å². The van der Waals surface area contributed by atoms with Gasteiger partial charge in [0.15, 0.2) is 0 Å². The molecule has 0 N–H and O–H groups in total. The second-order valence-electron chi connectivity index (χ2n) is 5.03. The molecule has 0 bridgehead atoms. The monoisotopic (exact) mass is 297 g/mol. The Bertz CT molecular complexity index is 557. The minimum atomic E-state index is -0.477. The number of nitriles is 1. The predicted molar refractivity (Wildman–Crippen MR) is 72.6 cm³/mol. The van der Waals surface area contributed by atoms with Crippen LogP contribution in [0.15, 0.2) is 12.1 Å². The molecule has 0 saturated carbocycles. The topological polar surface area (TPSA) is 99.9 Å². The zero-order valence-corrected chi connectivity index (χ0v) is 14.9. The molecule has 7 heteroatoms. The van der Waals surface area contributed by atoms with Gasteiger partial charge >= 0.3 is 35.2 Å². The predicted octanol–water partition coefficient (Wildman–Crippen LogP) is 0.0673. The zero-order chi connectivity index (χ0) is 15.9. The van der Waals surface area contributed by atoms with Crippen molar-refractivity contribution < 1.29 is 39.2 Å². The van der Waals surface area contributed by atoms with Crippen LogP contribution in [0.5, 0.6) is 5.75 Å². The molecule has 6 nitrogen and oxygen atoms in total. The van der Waals surface area contributed by atoms with Crippen molar-refractivity contribution in [1.82, 2.24) is 0 Å². The van der Waals surface area contributed by atoms with Gasteiger partial charge in [-0.25, -0.2) is 0 Å². The van der Waals surface area contributed by atoms with Crippen molar-refractivity contribution in [2.24, 2.45) is 0 Å². The third-order valence-corrected chi connectivity index (χ3v) is 2.68. The molecule has 0 amide bonds. The smallest absolute Gasteiger partial charge is 0.512 e. The van der Waals surface area contributed by atoms with Gasteiger partial charge in [-0.05, 0) is 11.0 Å². The Hall–Kier alpha value is -1.60. The molecule has 1 rings (SSSR count). The molecular weight excluding hydrogens is 281 g/mol. The quantitative estimate of drug-likeness (QED) is 0.340. The van der Waals surface area contributed by atoms with Gasteiger partial charge in [0.2, 0.25) is 5.75 Å².